The summed E-state index contributed by atoms with van der Waals surface area (Å²) in [5, 5.41) is -0.00319. The van der Waals surface area contributed by atoms with Gasteiger partial charge in [-0.05, 0) is 12.1 Å². The molecule has 0 saturated heterocycles. The van der Waals surface area contributed by atoms with Gasteiger partial charge >= 0.3 is 0 Å². The van der Waals surface area contributed by atoms with E-state index >= 15 is 0 Å². The van der Waals surface area contributed by atoms with E-state index in [-0.39, 0.29) is 10.6 Å². The minimum Gasteiger partial charge on any atom is -0.246 e. The van der Waals surface area contributed by atoms with Crippen LogP contribution in [0.25, 0.3) is 0 Å². The van der Waals surface area contributed by atoms with E-state index in [9.17, 15) is 13.2 Å². The number of hydrogen-bond donors (Lipinski definition) is 0. The zero-order chi connectivity index (χ0) is 8.43. The lowest BCUT2D eigenvalue weighted by atomic mass is 10.2. The van der Waals surface area contributed by atoms with Crippen molar-refractivity contribution in [3.63, 3.8) is 0 Å². The van der Waals surface area contributed by atoms with Crippen LogP contribution in [0.1, 0.15) is 5.56 Å². The summed E-state index contributed by atoms with van der Waals surface area (Å²) in [6.45, 7) is -1.05. The van der Waals surface area contributed by atoms with Crippen LogP contribution in [0.5, 0.6) is 0 Å². The summed E-state index contributed by atoms with van der Waals surface area (Å²) in [5.74, 6) is -2.29. The highest BCUT2D eigenvalue weighted by atomic mass is 35.5. The van der Waals surface area contributed by atoms with E-state index in [1.54, 1.807) is 0 Å². The fraction of sp³-hybridized carbons (Fsp3) is 0.143. The van der Waals surface area contributed by atoms with Gasteiger partial charge in [-0.2, -0.15) is 0 Å². The first-order valence-corrected chi connectivity index (χ1v) is 3.22. The van der Waals surface area contributed by atoms with Gasteiger partial charge in [-0.15, -0.1) is 0 Å². The molecule has 11 heavy (non-hydrogen) atoms. The van der Waals surface area contributed by atoms with Crippen LogP contribution in [0.3, 0.4) is 0 Å². The normalized spacial score (nSPS) is 10.2. The Labute approximate surface area is 66.6 Å². The SMILES string of the molecule is FCc1cc(Cl)cc(F)c1F. The third-order valence-electron chi connectivity index (χ3n) is 1.21. The Hall–Kier alpha value is -0.700. The first-order chi connectivity index (χ1) is 5.15. The van der Waals surface area contributed by atoms with E-state index in [0.717, 1.165) is 12.1 Å². The summed E-state index contributed by atoms with van der Waals surface area (Å²) in [5.41, 5.74) is -0.352. The van der Waals surface area contributed by atoms with Crippen molar-refractivity contribution < 1.29 is 13.2 Å². The summed E-state index contributed by atoms with van der Waals surface area (Å²) in [4.78, 5) is 0. The van der Waals surface area contributed by atoms with Crippen molar-refractivity contribution in [2.75, 3.05) is 0 Å². The molecule has 0 aliphatic carbocycles. The van der Waals surface area contributed by atoms with Crippen LogP contribution in [0.15, 0.2) is 12.1 Å². The number of halogens is 4. The molecule has 0 radical (unpaired) electrons. The zero-order valence-electron chi connectivity index (χ0n) is 5.37. The average molecular weight is 181 g/mol. The summed E-state index contributed by atoms with van der Waals surface area (Å²) >= 11 is 5.33. The largest absolute Gasteiger partial charge is 0.246 e. The summed E-state index contributed by atoms with van der Waals surface area (Å²) in [7, 11) is 0. The highest BCUT2D eigenvalue weighted by Crippen LogP contribution is 2.19. The molecule has 0 atom stereocenters. The first-order valence-electron chi connectivity index (χ1n) is 2.84. The minimum atomic E-state index is -1.17. The lowest BCUT2D eigenvalue weighted by Crippen LogP contribution is -1.91. The Morgan fingerprint density at radius 3 is 2.45 bits per heavy atom. The van der Waals surface area contributed by atoms with Crippen LogP contribution in [-0.2, 0) is 6.67 Å². The van der Waals surface area contributed by atoms with Crippen molar-refractivity contribution in [1.82, 2.24) is 0 Å². The van der Waals surface area contributed by atoms with Crippen molar-refractivity contribution in [3.05, 3.63) is 34.4 Å². The second-order valence-corrected chi connectivity index (χ2v) is 2.43. The van der Waals surface area contributed by atoms with Gasteiger partial charge in [-0.1, -0.05) is 11.6 Å². The van der Waals surface area contributed by atoms with Crippen molar-refractivity contribution in [1.29, 1.82) is 0 Å². The van der Waals surface area contributed by atoms with Gasteiger partial charge < -0.3 is 0 Å². The first kappa shape index (κ1) is 8.40. The standard InChI is InChI=1S/C7H4ClF3/c8-5-1-4(3-9)7(11)6(10)2-5/h1-2H,3H2. The fourth-order valence-corrected chi connectivity index (χ4v) is 0.934. The third-order valence-corrected chi connectivity index (χ3v) is 1.43. The number of hydrogen-bond acceptors (Lipinski definition) is 0. The molecular weight excluding hydrogens is 177 g/mol. The smallest absolute Gasteiger partial charge is 0.164 e. The molecule has 0 heterocycles. The lowest BCUT2D eigenvalue weighted by Gasteiger charge is -1.98. The van der Waals surface area contributed by atoms with Gasteiger partial charge in [0.1, 0.15) is 6.67 Å². The monoisotopic (exact) mass is 180 g/mol. The molecule has 0 aliphatic heterocycles. The van der Waals surface area contributed by atoms with E-state index < -0.39 is 18.3 Å². The minimum absolute atomic E-state index is 0.00319. The maximum atomic E-state index is 12.5. The second kappa shape index (κ2) is 3.13. The van der Waals surface area contributed by atoms with Gasteiger partial charge in [0.05, 0.1) is 0 Å². The predicted octanol–water partition coefficient (Wildman–Crippen LogP) is 3.09. The van der Waals surface area contributed by atoms with Crippen LogP contribution in [0.4, 0.5) is 13.2 Å². The zero-order valence-corrected chi connectivity index (χ0v) is 6.13. The molecule has 4 heteroatoms. The molecule has 0 aromatic heterocycles. The van der Waals surface area contributed by atoms with E-state index in [4.69, 9.17) is 11.6 Å². The molecule has 0 unspecified atom stereocenters. The van der Waals surface area contributed by atoms with Gasteiger partial charge in [0.2, 0.25) is 0 Å². The van der Waals surface area contributed by atoms with Crippen LogP contribution < -0.4 is 0 Å². The van der Waals surface area contributed by atoms with Gasteiger partial charge in [-0.25, -0.2) is 13.2 Å². The molecule has 0 N–H and O–H groups in total. The summed E-state index contributed by atoms with van der Waals surface area (Å²) in [6.07, 6.45) is 0. The van der Waals surface area contributed by atoms with Crippen LogP contribution in [0, 0.1) is 11.6 Å². The molecule has 0 nitrogen and oxygen atoms in total. The summed E-state index contributed by atoms with van der Waals surface area (Å²) in [6, 6.07) is 1.86. The van der Waals surface area contributed by atoms with Gasteiger partial charge in [0, 0.05) is 10.6 Å². The number of rotatable bonds is 1. The highest BCUT2D eigenvalue weighted by molar-refractivity contribution is 6.30. The van der Waals surface area contributed by atoms with E-state index in [0.29, 0.717) is 0 Å². The number of alkyl halides is 1. The second-order valence-electron chi connectivity index (χ2n) is 1.99. The van der Waals surface area contributed by atoms with Crippen LogP contribution in [0.2, 0.25) is 5.02 Å². The third kappa shape index (κ3) is 1.66. The molecular formula is C7H4ClF3. The van der Waals surface area contributed by atoms with Gasteiger partial charge in [0.15, 0.2) is 11.6 Å². The molecule has 1 aromatic carbocycles. The molecule has 0 saturated carbocycles. The maximum absolute atomic E-state index is 12.5. The Kier molecular flexibility index (Phi) is 2.39. The van der Waals surface area contributed by atoms with Gasteiger partial charge in [-0.3, -0.25) is 0 Å². The van der Waals surface area contributed by atoms with E-state index in [2.05, 4.69) is 0 Å². The Morgan fingerprint density at radius 1 is 1.27 bits per heavy atom. The van der Waals surface area contributed by atoms with Crippen LogP contribution in [-0.4, -0.2) is 0 Å². The highest BCUT2D eigenvalue weighted by Gasteiger charge is 2.08. The Balaban J connectivity index is 3.24. The fourth-order valence-electron chi connectivity index (χ4n) is 0.707. The molecule has 1 rings (SSSR count). The molecule has 1 aromatic rings. The summed E-state index contributed by atoms with van der Waals surface area (Å²) < 4.78 is 36.8. The van der Waals surface area contributed by atoms with Gasteiger partial charge in [0.25, 0.3) is 0 Å². The topological polar surface area (TPSA) is 0 Å². The quantitative estimate of drug-likeness (QED) is 0.583. The van der Waals surface area contributed by atoms with Crippen LogP contribution >= 0.6 is 11.6 Å². The molecule has 0 spiro atoms. The number of benzene rings is 1. The lowest BCUT2D eigenvalue weighted by molar-refractivity contribution is 0.441. The molecule has 0 bridgehead atoms. The average Bonchev–Trinajstić information content (AvgIpc) is 1.96. The molecule has 60 valence electrons. The van der Waals surface area contributed by atoms with Crippen molar-refractivity contribution in [2.24, 2.45) is 0 Å². The Bertz CT molecular complexity index is 273. The molecule has 0 aliphatic rings. The van der Waals surface area contributed by atoms with Crippen molar-refractivity contribution in [2.45, 2.75) is 6.67 Å². The van der Waals surface area contributed by atoms with E-state index in [1.165, 1.54) is 0 Å². The van der Waals surface area contributed by atoms with Crippen molar-refractivity contribution in [3.8, 4) is 0 Å². The Morgan fingerprint density at radius 2 is 1.91 bits per heavy atom. The van der Waals surface area contributed by atoms with E-state index in [1.807, 2.05) is 0 Å². The molecule has 0 fully saturated rings. The molecule has 0 amide bonds. The van der Waals surface area contributed by atoms with Crippen molar-refractivity contribution >= 4 is 11.6 Å². The maximum Gasteiger partial charge on any atom is 0.164 e. The predicted molar refractivity (Wildman–Crippen MR) is 36.2 cm³/mol.